The van der Waals surface area contributed by atoms with Gasteiger partial charge in [0.05, 0.1) is 47.2 Å². The van der Waals surface area contributed by atoms with Crippen molar-refractivity contribution < 1.29 is 58.7 Å². The molecule has 19 nitrogen and oxygen atoms in total. The van der Waals surface area contributed by atoms with Crippen LogP contribution < -0.4 is 0 Å². The summed E-state index contributed by atoms with van der Waals surface area (Å²) in [7, 11) is 5.29. The zero-order valence-electron chi connectivity index (χ0n) is 44.0. The monoisotopic (exact) mass is 989 g/mol. The summed E-state index contributed by atoms with van der Waals surface area (Å²) in [6.45, 7) is 19.3. The molecule has 1 aromatic heterocycles. The van der Waals surface area contributed by atoms with Crippen molar-refractivity contribution in [2.45, 2.75) is 217 Å². The van der Waals surface area contributed by atoms with E-state index in [9.17, 15) is 30.3 Å². The number of methoxy groups -OCH3 is 1. The maximum Gasteiger partial charge on any atom is 0.311 e. The molecule has 0 aliphatic carbocycles. The van der Waals surface area contributed by atoms with Crippen LogP contribution in [0.3, 0.4) is 0 Å². The largest absolute Gasteiger partial charge is 0.706 e. The van der Waals surface area contributed by atoms with Crippen molar-refractivity contribution in [2.24, 2.45) is 22.9 Å². The summed E-state index contributed by atoms with van der Waals surface area (Å²) >= 11 is 0. The second kappa shape index (κ2) is 24.8. The van der Waals surface area contributed by atoms with Crippen molar-refractivity contribution in [1.29, 1.82) is 0 Å². The number of aryl methyl sites for hydroxylation is 2. The van der Waals surface area contributed by atoms with Gasteiger partial charge in [-0.15, -0.1) is 5.10 Å². The van der Waals surface area contributed by atoms with Crippen molar-refractivity contribution in [1.82, 2.24) is 24.8 Å². The second-order valence-corrected chi connectivity index (χ2v) is 21.6. The first-order valence-corrected chi connectivity index (χ1v) is 25.5. The Hall–Kier alpha value is -3.05. The summed E-state index contributed by atoms with van der Waals surface area (Å²) in [5.74, 6) is -2.76. The average Bonchev–Trinajstić information content (AvgIpc) is 3.78. The lowest BCUT2D eigenvalue weighted by atomic mass is 9.77. The van der Waals surface area contributed by atoms with E-state index >= 15 is 0 Å². The highest BCUT2D eigenvalue weighted by atomic mass is 16.7. The van der Waals surface area contributed by atoms with Crippen LogP contribution in [0.5, 0.6) is 0 Å². The first kappa shape index (κ1) is 57.8. The number of ether oxygens (including phenoxy) is 6. The number of aliphatic hydroxyl groups is 5. The molecule has 18 atom stereocenters. The molecule has 5 N–H and O–H groups in total. The lowest BCUT2D eigenvalue weighted by Gasteiger charge is -2.49. The lowest BCUT2D eigenvalue weighted by molar-refractivity contribution is -0.318. The summed E-state index contributed by atoms with van der Waals surface area (Å²) in [4.78, 5) is 18.5. The Kier molecular flexibility index (Phi) is 20.5. The van der Waals surface area contributed by atoms with Crippen LogP contribution in [-0.4, -0.2) is 181 Å². The van der Waals surface area contributed by atoms with E-state index in [-0.39, 0.29) is 31.3 Å². The van der Waals surface area contributed by atoms with E-state index in [4.69, 9.17) is 34.0 Å². The van der Waals surface area contributed by atoms with Gasteiger partial charge in [-0.1, -0.05) is 38.1 Å². The molecule has 3 aliphatic rings. The van der Waals surface area contributed by atoms with Crippen LogP contribution in [0.1, 0.15) is 119 Å². The lowest BCUT2D eigenvalue weighted by Crippen LogP contribution is -2.61. The predicted molar refractivity (Wildman–Crippen MR) is 262 cm³/mol. The van der Waals surface area contributed by atoms with Gasteiger partial charge in [-0.05, 0) is 125 Å². The minimum absolute atomic E-state index is 0.105. The number of esters is 1. The van der Waals surface area contributed by atoms with Crippen molar-refractivity contribution in [2.75, 3.05) is 34.3 Å². The molecule has 3 aliphatic heterocycles. The van der Waals surface area contributed by atoms with Gasteiger partial charge in [0.15, 0.2) is 12.6 Å². The summed E-state index contributed by atoms with van der Waals surface area (Å²) in [5, 5.41) is 71.6. The van der Waals surface area contributed by atoms with Gasteiger partial charge in [0.1, 0.15) is 30.0 Å². The Morgan fingerprint density at radius 1 is 0.957 bits per heavy atom. The van der Waals surface area contributed by atoms with Gasteiger partial charge < -0.3 is 74.4 Å². The third-order valence-corrected chi connectivity index (χ3v) is 15.6. The Morgan fingerprint density at radius 2 is 1.64 bits per heavy atom. The molecule has 0 spiro atoms. The number of benzene rings is 1. The average molecular weight is 989 g/mol. The van der Waals surface area contributed by atoms with Crippen molar-refractivity contribution in [3.8, 4) is 0 Å². The van der Waals surface area contributed by atoms with Gasteiger partial charge in [0, 0.05) is 69.5 Å². The molecule has 3 fully saturated rings. The third-order valence-electron chi connectivity index (χ3n) is 15.6. The summed E-state index contributed by atoms with van der Waals surface area (Å²) in [6.07, 6.45) is -3.63. The zero-order chi connectivity index (χ0) is 51.9. The topological polar surface area (TPSA) is 245 Å². The van der Waals surface area contributed by atoms with E-state index in [1.54, 1.807) is 53.7 Å². The molecule has 19 heteroatoms. The van der Waals surface area contributed by atoms with Gasteiger partial charge in [-0.25, -0.2) is 0 Å². The van der Waals surface area contributed by atoms with E-state index in [0.29, 0.717) is 31.6 Å². The highest BCUT2D eigenvalue weighted by Gasteiger charge is 2.53. The van der Waals surface area contributed by atoms with E-state index in [1.807, 2.05) is 62.8 Å². The van der Waals surface area contributed by atoms with Crippen LogP contribution in [0.2, 0.25) is 0 Å². The van der Waals surface area contributed by atoms with Crippen LogP contribution >= 0.6 is 0 Å². The van der Waals surface area contributed by atoms with Crippen LogP contribution in [0.25, 0.3) is 5.53 Å². The van der Waals surface area contributed by atoms with Crippen LogP contribution in [0.15, 0.2) is 35.6 Å². The highest BCUT2D eigenvalue weighted by molar-refractivity contribution is 5.73. The molecular weight excluding hydrogens is 903 g/mol. The van der Waals surface area contributed by atoms with Gasteiger partial charge in [-0.3, -0.25) is 9.48 Å². The number of hydrogen-bond acceptors (Lipinski definition) is 17. The van der Waals surface area contributed by atoms with E-state index in [2.05, 4.69) is 20.3 Å². The van der Waals surface area contributed by atoms with Crippen molar-refractivity contribution in [3.63, 3.8) is 0 Å². The Morgan fingerprint density at radius 3 is 2.29 bits per heavy atom. The van der Waals surface area contributed by atoms with Crippen molar-refractivity contribution in [3.05, 3.63) is 47.3 Å². The summed E-state index contributed by atoms with van der Waals surface area (Å²) < 4.78 is 40.1. The van der Waals surface area contributed by atoms with Gasteiger partial charge in [0.25, 0.3) is 0 Å². The standard InChI is InChI=1S/C51H86N7O12/c1-14-40-51(10,64)44(60)34(6)57(12)28-30(2)26-49(8,63)46(32(4)43(33(5)47(62)68-40)69-41-27-50(9,65-13)45(61)35(7)67-41)70-48-42(59)39(25-31(3)66-48)56(11)24-22-38-29-58(55-54-38)23-16-15-17-36-18-20-37(53-52)21-19-36/h18-21,29-35,39-46,48,59-61,63-64H,14-17,22-28H2,1-13H3/q-1/t30-,31-,32+,33-,34-,35+,39+,40-,41+,42-,43+,44-,45+,46-,48+,49-,50-,51-/m1/s1. The fourth-order valence-corrected chi connectivity index (χ4v) is 11.0. The highest BCUT2D eigenvalue weighted by Crippen LogP contribution is 2.40. The van der Waals surface area contributed by atoms with Crippen LogP contribution in [0.4, 0.5) is 5.69 Å². The van der Waals surface area contributed by atoms with Gasteiger partial charge in [0.2, 0.25) is 0 Å². The second-order valence-electron chi connectivity index (χ2n) is 21.6. The van der Waals surface area contributed by atoms with E-state index in [1.165, 1.54) is 19.6 Å². The number of cyclic esters (lactones) is 1. The molecule has 2 aromatic rings. The molecule has 0 radical (unpaired) electrons. The van der Waals surface area contributed by atoms with E-state index < -0.39 is 102 Å². The SMILES string of the molecule is CC[C@H]1OC(=O)[C@H](C)[C@@H](O[C@H]2C[C@@](C)(OC)[C@@H](O)[C@H](C)O2)[C@H](C)[C@@H](O[C@@H]2O[C@H](C)C[C@H](N(C)CCc3cn(CCCCc4ccc(N=[N-])cc4)nn3)[C@H]2O)[C@](C)(O)C[C@@H](C)CN(C)[C@H](C)[C@@H](O)[C@]1(C)O. The van der Waals surface area contributed by atoms with Crippen LogP contribution in [0, 0.1) is 17.8 Å². The molecule has 70 heavy (non-hydrogen) atoms. The van der Waals surface area contributed by atoms with Crippen LogP contribution in [-0.2, 0) is 52.6 Å². The molecule has 0 unspecified atom stereocenters. The number of nitrogens with zero attached hydrogens (tertiary/aromatic N) is 7. The number of aliphatic hydroxyl groups excluding tert-OH is 3. The Balaban J connectivity index is 1.39. The normalized spacial score (nSPS) is 39.8. The smallest absolute Gasteiger partial charge is 0.311 e. The third kappa shape index (κ3) is 14.2. The number of rotatable bonds is 16. The maximum atomic E-state index is 14.5. The Labute approximate surface area is 416 Å². The molecule has 5 rings (SSSR count). The fraction of sp³-hybridized carbons (Fsp3) is 0.824. The molecule has 1 aromatic carbocycles. The molecule has 3 saturated heterocycles. The summed E-state index contributed by atoms with van der Waals surface area (Å²) in [6, 6.07) is 6.53. The molecule has 0 saturated carbocycles. The maximum absolute atomic E-state index is 14.5. The minimum atomic E-state index is -1.83. The first-order chi connectivity index (χ1) is 32.8. The number of hydrogen-bond donors (Lipinski definition) is 5. The fourth-order valence-electron chi connectivity index (χ4n) is 11.0. The molecule has 0 bridgehead atoms. The minimum Gasteiger partial charge on any atom is -0.706 e. The Bertz CT molecular complexity index is 1940. The zero-order valence-corrected chi connectivity index (χ0v) is 44.0. The van der Waals surface area contributed by atoms with Gasteiger partial charge >= 0.3 is 5.97 Å². The molecule has 4 heterocycles. The predicted octanol–water partition coefficient (Wildman–Crippen LogP) is 4.78. The number of carbonyl (C=O) groups is 1. The molecule has 0 amide bonds. The number of unbranched alkanes of at least 4 members (excludes halogenated alkanes) is 1. The van der Waals surface area contributed by atoms with Gasteiger partial charge in [-0.2, -0.15) is 0 Å². The first-order valence-electron chi connectivity index (χ1n) is 25.5. The quantitative estimate of drug-likeness (QED) is 0.0863. The number of aromatic nitrogens is 3. The van der Waals surface area contributed by atoms with E-state index in [0.717, 1.165) is 31.5 Å². The summed E-state index contributed by atoms with van der Waals surface area (Å²) in [5.41, 5.74) is 6.96. The molecular formula is C51H86N7O12-. The number of likely N-dealkylation sites (N-methyl/N-ethyl adjacent to an activating group) is 2. The number of carbonyl (C=O) groups excluding carboxylic acids is 1. The van der Waals surface area contributed by atoms with Crippen molar-refractivity contribution >= 4 is 11.7 Å². The molecule has 398 valence electrons.